The molecule has 0 aliphatic rings. The number of carbonyl (C=O) groups excluding carboxylic acids is 2. The van der Waals surface area contributed by atoms with Gasteiger partial charge in [0.15, 0.2) is 0 Å². The average Bonchev–Trinajstić information content (AvgIpc) is 2.65. The molecule has 0 fully saturated rings. The second-order valence-electron chi connectivity index (χ2n) is 6.57. The molecule has 0 radical (unpaired) electrons. The van der Waals surface area contributed by atoms with Crippen LogP contribution >= 0.6 is 0 Å². The van der Waals surface area contributed by atoms with E-state index in [1.54, 1.807) is 0 Å². The van der Waals surface area contributed by atoms with Crippen LogP contribution in [0.2, 0.25) is 0 Å². The van der Waals surface area contributed by atoms with Crippen molar-refractivity contribution in [2.75, 3.05) is 6.61 Å². The topological polar surface area (TPSA) is 69.4 Å². The molecule has 0 aromatic rings. The maximum absolute atomic E-state index is 10.8. The molecule has 0 aliphatic carbocycles. The van der Waals surface area contributed by atoms with Crippen LogP contribution in [0.15, 0.2) is 25.3 Å². The van der Waals surface area contributed by atoms with Crippen molar-refractivity contribution in [1.82, 2.24) is 0 Å². The van der Waals surface area contributed by atoms with Gasteiger partial charge in [-0.1, -0.05) is 104 Å². The first-order chi connectivity index (χ1) is 12.6. The molecule has 0 saturated carbocycles. The molecule has 1 amide bonds. The number of esters is 1. The van der Waals surface area contributed by atoms with Crippen molar-refractivity contribution >= 4 is 11.9 Å². The summed E-state index contributed by atoms with van der Waals surface area (Å²) in [5, 5.41) is 0. The van der Waals surface area contributed by atoms with Crippen LogP contribution < -0.4 is 5.73 Å². The summed E-state index contributed by atoms with van der Waals surface area (Å²) in [5.41, 5.74) is 4.53. The fourth-order valence-corrected chi connectivity index (χ4v) is 2.53. The fourth-order valence-electron chi connectivity index (χ4n) is 2.53. The molecule has 0 unspecified atom stereocenters. The SMILES string of the molecule is C=CC(=O)OCCCCCCCCCCCCCCCC.C=CC(N)=O. The highest BCUT2D eigenvalue weighted by Gasteiger charge is 1.96. The van der Waals surface area contributed by atoms with E-state index in [9.17, 15) is 9.59 Å². The minimum Gasteiger partial charge on any atom is -0.463 e. The number of primary amides is 1. The summed E-state index contributed by atoms with van der Waals surface area (Å²) in [4.78, 5) is 20.3. The van der Waals surface area contributed by atoms with Crippen LogP contribution in [0.3, 0.4) is 0 Å². The monoisotopic (exact) mass is 367 g/mol. The molecule has 0 atom stereocenters. The fraction of sp³-hybridized carbons (Fsp3) is 0.727. The van der Waals surface area contributed by atoms with Gasteiger partial charge >= 0.3 is 5.97 Å². The molecule has 4 nitrogen and oxygen atoms in total. The van der Waals surface area contributed by atoms with Gasteiger partial charge < -0.3 is 10.5 Å². The number of rotatable bonds is 17. The summed E-state index contributed by atoms with van der Waals surface area (Å²) < 4.78 is 4.94. The molecule has 0 saturated heterocycles. The molecule has 0 heterocycles. The van der Waals surface area contributed by atoms with Crippen LogP contribution in [0.5, 0.6) is 0 Å². The normalized spacial score (nSPS) is 9.73. The van der Waals surface area contributed by atoms with E-state index in [0.717, 1.165) is 12.5 Å². The Kier molecular flexibility index (Phi) is 24.0. The van der Waals surface area contributed by atoms with E-state index in [1.807, 2.05) is 0 Å². The molecule has 0 aromatic carbocycles. The third-order valence-electron chi connectivity index (χ3n) is 4.11. The predicted molar refractivity (Wildman–Crippen MR) is 111 cm³/mol. The minimum atomic E-state index is -0.481. The number of unbranched alkanes of at least 4 members (excludes halogenated alkanes) is 13. The number of amides is 1. The highest BCUT2D eigenvalue weighted by molar-refractivity contribution is 5.85. The van der Waals surface area contributed by atoms with Gasteiger partial charge in [-0.2, -0.15) is 0 Å². The van der Waals surface area contributed by atoms with Crippen LogP contribution in [-0.2, 0) is 14.3 Å². The molecule has 0 rings (SSSR count). The number of carbonyl (C=O) groups is 2. The Labute approximate surface area is 161 Å². The zero-order valence-electron chi connectivity index (χ0n) is 17.0. The Bertz CT molecular complexity index is 353. The Morgan fingerprint density at radius 1 is 0.731 bits per heavy atom. The van der Waals surface area contributed by atoms with Crippen molar-refractivity contribution in [1.29, 1.82) is 0 Å². The van der Waals surface area contributed by atoms with Crippen LogP contribution in [0, 0.1) is 0 Å². The summed E-state index contributed by atoms with van der Waals surface area (Å²) >= 11 is 0. The average molecular weight is 368 g/mol. The van der Waals surface area contributed by atoms with E-state index in [2.05, 4.69) is 25.8 Å². The first kappa shape index (κ1) is 26.6. The first-order valence-electron chi connectivity index (χ1n) is 10.3. The maximum Gasteiger partial charge on any atom is 0.330 e. The minimum absolute atomic E-state index is 0.301. The summed E-state index contributed by atoms with van der Waals surface area (Å²) in [6.45, 7) is 9.28. The molecular weight excluding hydrogens is 326 g/mol. The van der Waals surface area contributed by atoms with Crippen molar-refractivity contribution in [3.63, 3.8) is 0 Å². The molecule has 0 aromatic heterocycles. The highest BCUT2D eigenvalue weighted by atomic mass is 16.5. The smallest absolute Gasteiger partial charge is 0.330 e. The van der Waals surface area contributed by atoms with Gasteiger partial charge in [0.1, 0.15) is 0 Å². The summed E-state index contributed by atoms with van der Waals surface area (Å²) in [5.74, 6) is -0.783. The standard InChI is InChI=1S/C19H36O2.C3H5NO/c1-3-5-6-7-8-9-10-11-12-13-14-15-16-17-18-21-19(20)4-2;1-2-3(4)5/h4H,2-3,5-18H2,1H3;2H,1H2,(H2,4,5). The van der Waals surface area contributed by atoms with E-state index in [1.165, 1.54) is 89.5 Å². The van der Waals surface area contributed by atoms with E-state index in [-0.39, 0.29) is 5.97 Å². The lowest BCUT2D eigenvalue weighted by atomic mass is 10.0. The zero-order chi connectivity index (χ0) is 19.9. The molecule has 0 spiro atoms. The molecule has 2 N–H and O–H groups in total. The van der Waals surface area contributed by atoms with Crippen molar-refractivity contribution in [3.8, 4) is 0 Å². The first-order valence-corrected chi connectivity index (χ1v) is 10.3. The van der Waals surface area contributed by atoms with Gasteiger partial charge in [-0.15, -0.1) is 0 Å². The van der Waals surface area contributed by atoms with E-state index >= 15 is 0 Å². The zero-order valence-corrected chi connectivity index (χ0v) is 17.0. The lowest BCUT2D eigenvalue weighted by Crippen LogP contribution is -2.04. The van der Waals surface area contributed by atoms with Gasteiger partial charge in [0.2, 0.25) is 5.91 Å². The molecule has 4 heteroatoms. The number of ether oxygens (including phenoxy) is 1. The van der Waals surface area contributed by atoms with Crippen molar-refractivity contribution in [3.05, 3.63) is 25.3 Å². The lowest BCUT2D eigenvalue weighted by Gasteiger charge is -2.03. The van der Waals surface area contributed by atoms with Gasteiger partial charge in [0, 0.05) is 6.08 Å². The van der Waals surface area contributed by atoms with E-state index in [0.29, 0.717) is 6.61 Å². The van der Waals surface area contributed by atoms with Gasteiger partial charge in [-0.3, -0.25) is 4.79 Å². The van der Waals surface area contributed by atoms with Gasteiger partial charge in [-0.05, 0) is 12.5 Å². The number of hydrogen-bond donors (Lipinski definition) is 1. The molecule has 0 bridgehead atoms. The highest BCUT2D eigenvalue weighted by Crippen LogP contribution is 2.12. The van der Waals surface area contributed by atoms with Gasteiger partial charge in [0.25, 0.3) is 0 Å². The van der Waals surface area contributed by atoms with Gasteiger partial charge in [-0.25, -0.2) is 4.79 Å². The number of hydrogen-bond acceptors (Lipinski definition) is 3. The molecule has 152 valence electrons. The van der Waals surface area contributed by atoms with E-state index in [4.69, 9.17) is 4.74 Å². The van der Waals surface area contributed by atoms with E-state index < -0.39 is 5.91 Å². The lowest BCUT2D eigenvalue weighted by molar-refractivity contribution is -0.137. The van der Waals surface area contributed by atoms with Crippen molar-refractivity contribution in [2.24, 2.45) is 5.73 Å². The largest absolute Gasteiger partial charge is 0.463 e. The molecular formula is C22H41NO3. The van der Waals surface area contributed by atoms with Crippen molar-refractivity contribution < 1.29 is 14.3 Å². The second kappa shape index (κ2) is 23.4. The quantitative estimate of drug-likeness (QED) is 0.199. The third kappa shape index (κ3) is 27.3. The predicted octanol–water partition coefficient (Wildman–Crippen LogP) is 5.85. The summed E-state index contributed by atoms with van der Waals surface area (Å²) in [7, 11) is 0. The maximum atomic E-state index is 10.8. The van der Waals surface area contributed by atoms with Crippen LogP contribution in [0.1, 0.15) is 96.8 Å². The Hall–Kier alpha value is -1.58. The van der Waals surface area contributed by atoms with Crippen molar-refractivity contribution in [2.45, 2.75) is 96.8 Å². The number of nitrogens with two attached hydrogens (primary N) is 1. The molecule has 0 aliphatic heterocycles. The second-order valence-corrected chi connectivity index (χ2v) is 6.57. The Morgan fingerprint density at radius 3 is 1.38 bits per heavy atom. The Morgan fingerprint density at radius 2 is 1.08 bits per heavy atom. The summed E-state index contributed by atoms with van der Waals surface area (Å²) in [6, 6.07) is 0. The van der Waals surface area contributed by atoms with Gasteiger partial charge in [0.05, 0.1) is 6.61 Å². The van der Waals surface area contributed by atoms with Crippen LogP contribution in [0.25, 0.3) is 0 Å². The Balaban J connectivity index is 0. The third-order valence-corrected chi connectivity index (χ3v) is 4.11. The van der Waals surface area contributed by atoms with Crippen LogP contribution in [0.4, 0.5) is 0 Å². The van der Waals surface area contributed by atoms with Crippen LogP contribution in [-0.4, -0.2) is 18.5 Å². The summed E-state index contributed by atoms with van der Waals surface area (Å²) in [6.07, 6.45) is 21.1. The molecule has 26 heavy (non-hydrogen) atoms.